The van der Waals surface area contributed by atoms with E-state index in [2.05, 4.69) is 19.2 Å². The maximum Gasteiger partial charge on any atom is 0.335 e. The minimum Gasteiger partial charge on any atom is -0.478 e. The van der Waals surface area contributed by atoms with Crippen LogP contribution in [0.2, 0.25) is 0 Å². The minimum atomic E-state index is -0.987. The highest BCUT2D eigenvalue weighted by Crippen LogP contribution is 2.41. The van der Waals surface area contributed by atoms with Crippen LogP contribution in [0.25, 0.3) is 0 Å². The van der Waals surface area contributed by atoms with E-state index in [1.807, 2.05) is 0 Å². The topological polar surface area (TPSA) is 66.4 Å². The third-order valence-electron chi connectivity index (χ3n) is 4.20. The molecular weight excluding hydrogens is 254 g/mol. The fourth-order valence-corrected chi connectivity index (χ4v) is 2.94. The first-order valence-electron chi connectivity index (χ1n) is 7.04. The summed E-state index contributed by atoms with van der Waals surface area (Å²) in [6, 6.07) is 6.38. The van der Waals surface area contributed by atoms with E-state index in [1.165, 1.54) is 18.6 Å². The van der Waals surface area contributed by atoms with Crippen molar-refractivity contribution in [1.29, 1.82) is 0 Å². The van der Waals surface area contributed by atoms with Gasteiger partial charge in [-0.05, 0) is 36.5 Å². The summed E-state index contributed by atoms with van der Waals surface area (Å²) in [5, 5.41) is 11.8. The molecule has 2 rings (SSSR count). The van der Waals surface area contributed by atoms with Crippen molar-refractivity contribution in [3.63, 3.8) is 0 Å². The normalized spacial score (nSPS) is 21.2. The molecule has 0 heterocycles. The molecule has 0 radical (unpaired) electrons. The summed E-state index contributed by atoms with van der Waals surface area (Å²) in [5.41, 5.74) is 0.745. The fraction of sp³-hybridized carbons (Fsp3) is 0.500. The van der Waals surface area contributed by atoms with Crippen LogP contribution in [0.1, 0.15) is 49.9 Å². The lowest BCUT2D eigenvalue weighted by Gasteiger charge is -2.37. The van der Waals surface area contributed by atoms with Crippen molar-refractivity contribution in [2.24, 2.45) is 11.3 Å². The molecule has 1 aromatic rings. The third-order valence-corrected chi connectivity index (χ3v) is 4.20. The van der Waals surface area contributed by atoms with Crippen molar-refractivity contribution in [3.05, 3.63) is 29.8 Å². The van der Waals surface area contributed by atoms with Gasteiger partial charge in [0.15, 0.2) is 0 Å². The smallest absolute Gasteiger partial charge is 0.335 e. The second-order valence-corrected chi connectivity index (χ2v) is 6.16. The van der Waals surface area contributed by atoms with E-state index in [4.69, 9.17) is 5.11 Å². The summed E-state index contributed by atoms with van der Waals surface area (Å²) in [7, 11) is 0. The Hall–Kier alpha value is -1.84. The highest BCUT2D eigenvalue weighted by molar-refractivity contribution is 5.95. The van der Waals surface area contributed by atoms with Crippen molar-refractivity contribution in [2.45, 2.75) is 39.5 Å². The molecule has 1 aromatic carbocycles. The summed E-state index contributed by atoms with van der Waals surface area (Å²) in [5.74, 6) is -0.999. The van der Waals surface area contributed by atoms with Crippen LogP contribution in [0.4, 0.5) is 5.69 Å². The molecule has 0 aromatic heterocycles. The zero-order valence-corrected chi connectivity index (χ0v) is 12.0. The second kappa shape index (κ2) is 5.65. The molecule has 1 aliphatic carbocycles. The molecule has 1 aliphatic rings. The zero-order valence-electron chi connectivity index (χ0n) is 12.0. The fourth-order valence-electron chi connectivity index (χ4n) is 2.94. The Labute approximate surface area is 119 Å². The third kappa shape index (κ3) is 3.18. The van der Waals surface area contributed by atoms with Crippen molar-refractivity contribution in [1.82, 2.24) is 0 Å². The summed E-state index contributed by atoms with van der Waals surface area (Å²) in [6.07, 6.45) is 4.21. The molecule has 2 N–H and O–H groups in total. The number of anilines is 1. The molecular formula is C16H21NO3. The summed E-state index contributed by atoms with van der Waals surface area (Å²) in [6.45, 7) is 4.26. The lowest BCUT2D eigenvalue weighted by molar-refractivity contribution is -0.124. The molecule has 0 saturated heterocycles. The molecule has 108 valence electrons. The van der Waals surface area contributed by atoms with Gasteiger partial charge < -0.3 is 10.4 Å². The van der Waals surface area contributed by atoms with Gasteiger partial charge in [0, 0.05) is 11.6 Å². The van der Waals surface area contributed by atoms with E-state index in [9.17, 15) is 9.59 Å². The van der Waals surface area contributed by atoms with Gasteiger partial charge in [0.25, 0.3) is 0 Å². The molecule has 0 bridgehead atoms. The van der Waals surface area contributed by atoms with Crippen LogP contribution >= 0.6 is 0 Å². The monoisotopic (exact) mass is 275 g/mol. The minimum absolute atomic E-state index is 0.00256. The largest absolute Gasteiger partial charge is 0.478 e. The molecule has 0 aliphatic heterocycles. The van der Waals surface area contributed by atoms with Gasteiger partial charge in [0.05, 0.1) is 5.56 Å². The zero-order chi connectivity index (χ0) is 14.8. The maximum absolute atomic E-state index is 12.4. The quantitative estimate of drug-likeness (QED) is 0.886. The van der Waals surface area contributed by atoms with E-state index < -0.39 is 5.97 Å². The molecule has 1 fully saturated rings. The number of hydrogen-bond donors (Lipinski definition) is 2. The Morgan fingerprint density at radius 3 is 2.70 bits per heavy atom. The number of nitrogens with one attached hydrogen (secondary N) is 1. The van der Waals surface area contributed by atoms with Gasteiger partial charge in [0.1, 0.15) is 0 Å². The average Bonchev–Trinajstić information content (AvgIpc) is 2.38. The molecule has 4 heteroatoms. The number of benzene rings is 1. The Morgan fingerprint density at radius 1 is 1.30 bits per heavy atom. The molecule has 1 atom stereocenters. The van der Waals surface area contributed by atoms with Crippen molar-refractivity contribution >= 4 is 17.6 Å². The number of carboxylic acids is 1. The van der Waals surface area contributed by atoms with Crippen molar-refractivity contribution < 1.29 is 14.7 Å². The maximum atomic E-state index is 12.4. The predicted octanol–water partition coefficient (Wildman–Crippen LogP) is 3.54. The van der Waals surface area contributed by atoms with E-state index in [-0.39, 0.29) is 22.8 Å². The number of carbonyl (C=O) groups is 2. The van der Waals surface area contributed by atoms with Crippen LogP contribution in [-0.2, 0) is 4.79 Å². The predicted molar refractivity (Wildman–Crippen MR) is 77.8 cm³/mol. The standard InChI is InChI=1S/C16H21NO3/c1-16(2)9-4-3-8-13(16)14(18)17-12-7-5-6-11(10-12)15(19)20/h5-7,10,13H,3-4,8-9H2,1-2H3,(H,17,18)(H,19,20). The van der Waals surface area contributed by atoms with Gasteiger partial charge in [-0.2, -0.15) is 0 Å². The van der Waals surface area contributed by atoms with E-state index >= 15 is 0 Å². The highest BCUT2D eigenvalue weighted by Gasteiger charge is 2.37. The molecule has 1 unspecified atom stereocenters. The summed E-state index contributed by atoms with van der Waals surface area (Å²) >= 11 is 0. The Kier molecular flexibility index (Phi) is 4.12. The van der Waals surface area contributed by atoms with Gasteiger partial charge in [-0.25, -0.2) is 4.79 Å². The van der Waals surface area contributed by atoms with Gasteiger partial charge in [-0.1, -0.05) is 32.8 Å². The Balaban J connectivity index is 2.11. The van der Waals surface area contributed by atoms with Crippen molar-refractivity contribution in [3.8, 4) is 0 Å². The van der Waals surface area contributed by atoms with Crippen LogP contribution in [0.3, 0.4) is 0 Å². The first kappa shape index (κ1) is 14.6. The van der Waals surface area contributed by atoms with Crippen LogP contribution in [0, 0.1) is 11.3 Å². The number of carbonyl (C=O) groups excluding carboxylic acids is 1. The number of aromatic carboxylic acids is 1. The highest BCUT2D eigenvalue weighted by atomic mass is 16.4. The molecule has 0 spiro atoms. The van der Waals surface area contributed by atoms with Gasteiger partial charge >= 0.3 is 5.97 Å². The molecule has 1 saturated carbocycles. The van der Waals surface area contributed by atoms with Gasteiger partial charge in [-0.15, -0.1) is 0 Å². The SMILES string of the molecule is CC1(C)CCCCC1C(=O)Nc1cccc(C(=O)O)c1. The molecule has 1 amide bonds. The lowest BCUT2D eigenvalue weighted by Crippen LogP contribution is -2.37. The van der Waals surface area contributed by atoms with Crippen LogP contribution in [-0.4, -0.2) is 17.0 Å². The number of hydrogen-bond acceptors (Lipinski definition) is 2. The van der Waals surface area contributed by atoms with E-state index in [1.54, 1.807) is 12.1 Å². The molecule has 20 heavy (non-hydrogen) atoms. The van der Waals surface area contributed by atoms with E-state index in [0.717, 1.165) is 19.3 Å². The average molecular weight is 275 g/mol. The molecule has 4 nitrogen and oxygen atoms in total. The summed E-state index contributed by atoms with van der Waals surface area (Å²) in [4.78, 5) is 23.3. The van der Waals surface area contributed by atoms with Crippen LogP contribution < -0.4 is 5.32 Å². The second-order valence-electron chi connectivity index (χ2n) is 6.16. The van der Waals surface area contributed by atoms with Gasteiger partial charge in [0.2, 0.25) is 5.91 Å². The van der Waals surface area contributed by atoms with Crippen LogP contribution in [0.15, 0.2) is 24.3 Å². The van der Waals surface area contributed by atoms with Crippen molar-refractivity contribution in [2.75, 3.05) is 5.32 Å². The first-order valence-corrected chi connectivity index (χ1v) is 7.04. The number of rotatable bonds is 3. The van der Waals surface area contributed by atoms with Crippen LogP contribution in [0.5, 0.6) is 0 Å². The Bertz CT molecular complexity index is 522. The lowest BCUT2D eigenvalue weighted by atomic mass is 9.68. The number of carboxylic acid groups (broad SMARTS) is 1. The number of amides is 1. The first-order chi connectivity index (χ1) is 9.40. The van der Waals surface area contributed by atoms with Gasteiger partial charge in [-0.3, -0.25) is 4.79 Å². The van der Waals surface area contributed by atoms with E-state index in [0.29, 0.717) is 5.69 Å². The Morgan fingerprint density at radius 2 is 2.05 bits per heavy atom. The summed E-state index contributed by atoms with van der Waals surface area (Å²) < 4.78 is 0.